The summed E-state index contributed by atoms with van der Waals surface area (Å²) in [5.41, 5.74) is 0. The van der Waals surface area contributed by atoms with Gasteiger partial charge in [-0.1, -0.05) is 6.08 Å². The number of fused-ring (bicyclic) bond motifs is 1. The molecule has 2 heterocycles. The highest BCUT2D eigenvalue weighted by atomic mass is 16.8. The van der Waals surface area contributed by atoms with Gasteiger partial charge in [-0.3, -0.25) is 4.79 Å². The largest absolute Gasteiger partial charge is 0.349 e. The van der Waals surface area contributed by atoms with Crippen LogP contribution in [-0.4, -0.2) is 43.3 Å². The number of rotatable bonds is 2. The number of carbonyl (C=O) groups excluding carboxylic acids is 1. The van der Waals surface area contributed by atoms with Crippen LogP contribution in [0.1, 0.15) is 20.3 Å². The van der Waals surface area contributed by atoms with Gasteiger partial charge in [-0.2, -0.15) is 0 Å². The third kappa shape index (κ3) is 2.15. The van der Waals surface area contributed by atoms with Gasteiger partial charge in [0.2, 0.25) is 5.79 Å². The first-order valence-electron chi connectivity index (χ1n) is 5.62. The quantitative estimate of drug-likeness (QED) is 0.677. The molecular weight excluding hydrogens is 224 g/mol. The minimum absolute atomic E-state index is 0.0422. The summed E-state index contributed by atoms with van der Waals surface area (Å²) in [6, 6.07) is 0. The van der Waals surface area contributed by atoms with E-state index >= 15 is 0 Å². The maximum Gasteiger partial charge on any atom is 0.226 e. The van der Waals surface area contributed by atoms with Crippen LogP contribution in [0.4, 0.5) is 0 Å². The first-order chi connectivity index (χ1) is 7.92. The van der Waals surface area contributed by atoms with Crippen molar-refractivity contribution in [1.29, 1.82) is 0 Å². The number of carbonyl (C=O) groups is 1. The molecule has 0 saturated carbocycles. The van der Waals surface area contributed by atoms with Crippen molar-refractivity contribution in [3.8, 4) is 0 Å². The van der Waals surface area contributed by atoms with Crippen LogP contribution in [0.2, 0.25) is 0 Å². The molecule has 2 rings (SSSR count). The van der Waals surface area contributed by atoms with E-state index < -0.39 is 17.7 Å². The lowest BCUT2D eigenvalue weighted by atomic mass is 9.95. The number of methoxy groups -OCH3 is 1. The van der Waals surface area contributed by atoms with Gasteiger partial charge in [-0.25, -0.2) is 0 Å². The molecule has 0 aliphatic carbocycles. The number of Topliss-reactive ketones (excluding diaryl/α,β-unsaturated/α-hetero) is 1. The molecule has 0 aromatic rings. The van der Waals surface area contributed by atoms with Crippen molar-refractivity contribution in [2.75, 3.05) is 13.7 Å². The van der Waals surface area contributed by atoms with Crippen molar-refractivity contribution in [3.05, 3.63) is 12.7 Å². The molecule has 5 nitrogen and oxygen atoms in total. The van der Waals surface area contributed by atoms with Crippen LogP contribution in [0.5, 0.6) is 0 Å². The molecule has 0 radical (unpaired) electrons. The van der Waals surface area contributed by atoms with Gasteiger partial charge < -0.3 is 18.9 Å². The van der Waals surface area contributed by atoms with Crippen LogP contribution in [0.15, 0.2) is 12.7 Å². The van der Waals surface area contributed by atoms with E-state index in [-0.39, 0.29) is 24.9 Å². The highest BCUT2D eigenvalue weighted by Crippen LogP contribution is 2.38. The Kier molecular flexibility index (Phi) is 3.12. The molecule has 2 saturated heterocycles. The lowest BCUT2D eigenvalue weighted by Gasteiger charge is -2.50. The molecule has 5 heteroatoms. The second-order valence-electron chi connectivity index (χ2n) is 4.76. The van der Waals surface area contributed by atoms with Crippen molar-refractivity contribution in [3.63, 3.8) is 0 Å². The first kappa shape index (κ1) is 12.7. The zero-order valence-electron chi connectivity index (χ0n) is 10.4. The van der Waals surface area contributed by atoms with E-state index in [0.29, 0.717) is 0 Å². The average Bonchev–Trinajstić information content (AvgIpc) is 2.29. The summed E-state index contributed by atoms with van der Waals surface area (Å²) in [5.74, 6) is -1.99. The predicted molar refractivity (Wildman–Crippen MR) is 59.3 cm³/mol. The Hall–Kier alpha value is -0.750. The Morgan fingerprint density at radius 1 is 1.47 bits per heavy atom. The molecule has 0 aromatic heterocycles. The predicted octanol–water partition coefficient (Wildman–Crippen LogP) is 1.02. The third-order valence-electron chi connectivity index (χ3n) is 3.08. The molecular formula is C12H18O5. The molecule has 0 spiro atoms. The summed E-state index contributed by atoms with van der Waals surface area (Å²) in [5, 5.41) is 0. The van der Waals surface area contributed by atoms with Gasteiger partial charge >= 0.3 is 0 Å². The Morgan fingerprint density at radius 2 is 2.18 bits per heavy atom. The molecule has 0 amide bonds. The molecule has 2 fully saturated rings. The van der Waals surface area contributed by atoms with Crippen molar-refractivity contribution < 1.29 is 23.7 Å². The van der Waals surface area contributed by atoms with Crippen LogP contribution in [0, 0.1) is 0 Å². The topological polar surface area (TPSA) is 54.0 Å². The fourth-order valence-electron chi connectivity index (χ4n) is 2.11. The van der Waals surface area contributed by atoms with E-state index in [1.165, 1.54) is 7.11 Å². The molecule has 0 unspecified atom stereocenters. The molecule has 0 N–H and O–H groups in total. The molecule has 2 aliphatic rings. The zero-order valence-corrected chi connectivity index (χ0v) is 10.4. The Morgan fingerprint density at radius 3 is 2.76 bits per heavy atom. The number of ether oxygens (including phenoxy) is 4. The Labute approximate surface area is 101 Å². The summed E-state index contributed by atoms with van der Waals surface area (Å²) >= 11 is 0. The average molecular weight is 242 g/mol. The summed E-state index contributed by atoms with van der Waals surface area (Å²) < 4.78 is 22.2. The van der Waals surface area contributed by atoms with Crippen molar-refractivity contribution >= 4 is 5.78 Å². The fraction of sp³-hybridized carbons (Fsp3) is 0.750. The van der Waals surface area contributed by atoms with Gasteiger partial charge in [0.25, 0.3) is 0 Å². The van der Waals surface area contributed by atoms with Gasteiger partial charge in [-0.15, -0.1) is 6.58 Å². The summed E-state index contributed by atoms with van der Waals surface area (Å²) in [7, 11) is 1.48. The molecule has 17 heavy (non-hydrogen) atoms. The van der Waals surface area contributed by atoms with Crippen LogP contribution in [0.25, 0.3) is 0 Å². The maximum atomic E-state index is 12.1. The molecule has 96 valence electrons. The molecule has 0 aromatic carbocycles. The summed E-state index contributed by atoms with van der Waals surface area (Å²) in [4.78, 5) is 12.1. The van der Waals surface area contributed by atoms with Crippen LogP contribution in [0.3, 0.4) is 0 Å². The van der Waals surface area contributed by atoms with Crippen LogP contribution in [-0.2, 0) is 23.7 Å². The number of hydrogen-bond acceptors (Lipinski definition) is 5. The monoisotopic (exact) mass is 242 g/mol. The third-order valence-corrected chi connectivity index (χ3v) is 3.08. The minimum atomic E-state index is -1.15. The number of ketones is 1. The van der Waals surface area contributed by atoms with E-state index in [2.05, 4.69) is 6.58 Å². The molecule has 2 aliphatic heterocycles. The van der Waals surface area contributed by atoms with E-state index in [0.717, 1.165) is 0 Å². The normalized spacial score (nSPS) is 40.8. The van der Waals surface area contributed by atoms with E-state index in [9.17, 15) is 4.79 Å². The van der Waals surface area contributed by atoms with E-state index in [4.69, 9.17) is 18.9 Å². The summed E-state index contributed by atoms with van der Waals surface area (Å²) in [6.07, 6.45) is 0.754. The lowest BCUT2D eigenvalue weighted by molar-refractivity contribution is -0.403. The van der Waals surface area contributed by atoms with Crippen molar-refractivity contribution in [1.82, 2.24) is 0 Å². The standard InChI is InChI=1S/C12H18O5/c1-5-8-6-9(13)10-12(14-4,16-8)7-15-11(2,3)17-10/h5,8,10H,1,6-7H2,2-4H3/t8-,10+,12+/m0/s1. The van der Waals surface area contributed by atoms with E-state index in [1.807, 2.05) is 0 Å². The highest BCUT2D eigenvalue weighted by Gasteiger charge is 2.56. The van der Waals surface area contributed by atoms with Gasteiger partial charge in [0, 0.05) is 13.5 Å². The van der Waals surface area contributed by atoms with Crippen LogP contribution < -0.4 is 0 Å². The van der Waals surface area contributed by atoms with Gasteiger partial charge in [0.05, 0.1) is 6.10 Å². The Balaban J connectivity index is 2.28. The van der Waals surface area contributed by atoms with Crippen molar-refractivity contribution in [2.24, 2.45) is 0 Å². The second-order valence-corrected chi connectivity index (χ2v) is 4.76. The van der Waals surface area contributed by atoms with Gasteiger partial charge in [0.15, 0.2) is 17.7 Å². The maximum absolute atomic E-state index is 12.1. The van der Waals surface area contributed by atoms with Gasteiger partial charge in [0.1, 0.15) is 6.61 Å². The smallest absolute Gasteiger partial charge is 0.226 e. The van der Waals surface area contributed by atoms with Crippen LogP contribution >= 0.6 is 0 Å². The zero-order chi connectivity index (χ0) is 12.7. The van der Waals surface area contributed by atoms with E-state index in [1.54, 1.807) is 19.9 Å². The summed E-state index contributed by atoms with van der Waals surface area (Å²) in [6.45, 7) is 7.33. The Bertz CT molecular complexity index is 338. The highest BCUT2D eigenvalue weighted by molar-refractivity contribution is 5.85. The second kappa shape index (κ2) is 4.17. The SMILES string of the molecule is C=C[C@H]1CC(=O)[C@H]2OC(C)(C)OC[C@@]2(OC)O1. The molecule has 0 bridgehead atoms. The first-order valence-corrected chi connectivity index (χ1v) is 5.62. The fourth-order valence-corrected chi connectivity index (χ4v) is 2.11. The molecule has 3 atom stereocenters. The van der Waals surface area contributed by atoms with Crippen molar-refractivity contribution in [2.45, 2.75) is 44.1 Å². The minimum Gasteiger partial charge on any atom is -0.349 e. The lowest BCUT2D eigenvalue weighted by Crippen LogP contribution is -2.66. The van der Waals surface area contributed by atoms with Gasteiger partial charge in [-0.05, 0) is 13.8 Å². The number of hydrogen-bond donors (Lipinski definition) is 0.